The summed E-state index contributed by atoms with van der Waals surface area (Å²) in [5.74, 6) is 0.273. The number of benzene rings is 1. The molecule has 2 amide bonds. The largest absolute Gasteiger partial charge is 0.372 e. The van der Waals surface area contributed by atoms with Crippen LogP contribution in [0.3, 0.4) is 0 Å². The predicted molar refractivity (Wildman–Crippen MR) is 83.7 cm³/mol. The third-order valence-electron chi connectivity index (χ3n) is 4.05. The van der Waals surface area contributed by atoms with Gasteiger partial charge in [-0.25, -0.2) is 0 Å². The summed E-state index contributed by atoms with van der Waals surface area (Å²) in [6, 6.07) is 7.13. The average Bonchev–Trinajstić information content (AvgIpc) is 3.31. The van der Waals surface area contributed by atoms with Crippen molar-refractivity contribution in [3.8, 4) is 0 Å². The van der Waals surface area contributed by atoms with E-state index in [2.05, 4.69) is 5.32 Å². The maximum absolute atomic E-state index is 12.5. The lowest BCUT2D eigenvalue weighted by atomic mass is 10.1. The summed E-state index contributed by atoms with van der Waals surface area (Å²) < 4.78 is 5.65. The number of rotatable bonds is 3. The average molecular weight is 302 g/mol. The van der Waals surface area contributed by atoms with Crippen LogP contribution < -0.4 is 5.32 Å². The van der Waals surface area contributed by atoms with Crippen LogP contribution in [0, 0.1) is 5.92 Å². The van der Waals surface area contributed by atoms with Crippen LogP contribution in [-0.4, -0.2) is 42.0 Å². The van der Waals surface area contributed by atoms with Crippen LogP contribution in [0.1, 0.15) is 37.0 Å². The molecule has 1 saturated carbocycles. The first kappa shape index (κ1) is 15.0. The zero-order chi connectivity index (χ0) is 15.7. The van der Waals surface area contributed by atoms with E-state index in [0.717, 1.165) is 18.5 Å². The summed E-state index contributed by atoms with van der Waals surface area (Å²) in [6.07, 6.45) is 2.08. The Bertz CT molecular complexity index is 556. The Morgan fingerprint density at radius 2 is 1.68 bits per heavy atom. The second-order valence-electron chi connectivity index (χ2n) is 6.31. The van der Waals surface area contributed by atoms with Crippen molar-refractivity contribution in [3.05, 3.63) is 29.8 Å². The fraction of sp³-hybridized carbons (Fsp3) is 0.529. The molecule has 1 heterocycles. The molecule has 1 saturated heterocycles. The predicted octanol–water partition coefficient (Wildman–Crippen LogP) is 2.28. The summed E-state index contributed by atoms with van der Waals surface area (Å²) in [4.78, 5) is 26.1. The molecule has 2 atom stereocenters. The molecule has 1 N–H and O–H groups in total. The van der Waals surface area contributed by atoms with Gasteiger partial charge in [-0.05, 0) is 51.0 Å². The van der Waals surface area contributed by atoms with E-state index in [-0.39, 0.29) is 29.9 Å². The second-order valence-corrected chi connectivity index (χ2v) is 6.31. The zero-order valence-electron chi connectivity index (χ0n) is 13.0. The quantitative estimate of drug-likeness (QED) is 0.932. The van der Waals surface area contributed by atoms with Crippen molar-refractivity contribution in [2.45, 2.75) is 38.9 Å². The van der Waals surface area contributed by atoms with E-state index in [1.807, 2.05) is 18.7 Å². The molecule has 118 valence electrons. The molecule has 2 aliphatic rings. The normalized spacial score (nSPS) is 24.9. The van der Waals surface area contributed by atoms with E-state index in [4.69, 9.17) is 4.74 Å². The number of carbonyl (C=O) groups is 2. The van der Waals surface area contributed by atoms with E-state index in [1.165, 1.54) is 0 Å². The minimum atomic E-state index is 0.0158. The highest BCUT2D eigenvalue weighted by molar-refractivity contribution is 5.96. The SMILES string of the molecule is CC1CN(C(=O)c2ccc(NC(=O)C3CC3)cc2)CC(C)O1. The maximum Gasteiger partial charge on any atom is 0.254 e. The summed E-state index contributed by atoms with van der Waals surface area (Å²) in [6.45, 7) is 5.19. The topological polar surface area (TPSA) is 58.6 Å². The van der Waals surface area contributed by atoms with Crippen LogP contribution in [0.5, 0.6) is 0 Å². The van der Waals surface area contributed by atoms with Gasteiger partial charge >= 0.3 is 0 Å². The van der Waals surface area contributed by atoms with E-state index in [1.54, 1.807) is 24.3 Å². The minimum Gasteiger partial charge on any atom is -0.372 e. The number of anilines is 1. The fourth-order valence-electron chi connectivity index (χ4n) is 2.81. The molecular weight excluding hydrogens is 280 g/mol. The van der Waals surface area contributed by atoms with Crippen molar-refractivity contribution in [2.24, 2.45) is 5.92 Å². The molecule has 1 aliphatic heterocycles. The van der Waals surface area contributed by atoms with Gasteiger partial charge in [0.25, 0.3) is 5.91 Å². The maximum atomic E-state index is 12.5. The van der Waals surface area contributed by atoms with Crippen LogP contribution in [0.25, 0.3) is 0 Å². The van der Waals surface area contributed by atoms with Gasteiger partial charge < -0.3 is 15.0 Å². The number of hydrogen-bond acceptors (Lipinski definition) is 3. The zero-order valence-corrected chi connectivity index (χ0v) is 13.0. The number of carbonyl (C=O) groups excluding carboxylic acids is 2. The molecule has 0 spiro atoms. The number of ether oxygens (including phenoxy) is 1. The van der Waals surface area contributed by atoms with Crippen LogP contribution in [-0.2, 0) is 9.53 Å². The van der Waals surface area contributed by atoms with Gasteiger partial charge in [-0.15, -0.1) is 0 Å². The lowest BCUT2D eigenvalue weighted by molar-refractivity contribution is -0.117. The third-order valence-corrected chi connectivity index (χ3v) is 4.05. The smallest absolute Gasteiger partial charge is 0.254 e. The van der Waals surface area contributed by atoms with Gasteiger partial charge in [-0.1, -0.05) is 0 Å². The highest BCUT2D eigenvalue weighted by Crippen LogP contribution is 2.30. The molecule has 2 fully saturated rings. The van der Waals surface area contributed by atoms with Crippen LogP contribution in [0.2, 0.25) is 0 Å². The lowest BCUT2D eigenvalue weighted by Crippen LogP contribution is -2.48. The first-order chi connectivity index (χ1) is 10.5. The Kier molecular flexibility index (Phi) is 4.16. The Morgan fingerprint density at radius 1 is 1.09 bits per heavy atom. The molecule has 5 heteroatoms. The van der Waals surface area contributed by atoms with Crippen molar-refractivity contribution in [3.63, 3.8) is 0 Å². The van der Waals surface area contributed by atoms with E-state index in [0.29, 0.717) is 18.7 Å². The Balaban J connectivity index is 1.64. The molecule has 0 radical (unpaired) electrons. The van der Waals surface area contributed by atoms with Crippen molar-refractivity contribution < 1.29 is 14.3 Å². The highest BCUT2D eigenvalue weighted by atomic mass is 16.5. The number of nitrogens with zero attached hydrogens (tertiary/aromatic N) is 1. The van der Waals surface area contributed by atoms with Crippen molar-refractivity contribution in [1.29, 1.82) is 0 Å². The lowest BCUT2D eigenvalue weighted by Gasteiger charge is -2.35. The van der Waals surface area contributed by atoms with E-state index >= 15 is 0 Å². The van der Waals surface area contributed by atoms with Gasteiger partial charge in [0.15, 0.2) is 0 Å². The molecule has 5 nitrogen and oxygen atoms in total. The molecule has 2 unspecified atom stereocenters. The van der Waals surface area contributed by atoms with Crippen LogP contribution >= 0.6 is 0 Å². The Labute approximate surface area is 130 Å². The highest BCUT2D eigenvalue weighted by Gasteiger charge is 2.30. The fourth-order valence-corrected chi connectivity index (χ4v) is 2.81. The van der Waals surface area contributed by atoms with E-state index in [9.17, 15) is 9.59 Å². The van der Waals surface area contributed by atoms with Crippen molar-refractivity contribution >= 4 is 17.5 Å². The molecule has 1 aromatic rings. The number of hydrogen-bond donors (Lipinski definition) is 1. The van der Waals surface area contributed by atoms with Crippen LogP contribution in [0.4, 0.5) is 5.69 Å². The molecule has 0 aromatic heterocycles. The number of amides is 2. The van der Waals surface area contributed by atoms with Crippen molar-refractivity contribution in [1.82, 2.24) is 4.90 Å². The van der Waals surface area contributed by atoms with Gasteiger partial charge in [0.2, 0.25) is 5.91 Å². The Hall–Kier alpha value is -1.88. The summed E-state index contributed by atoms with van der Waals surface area (Å²) in [7, 11) is 0. The van der Waals surface area contributed by atoms with Gasteiger partial charge in [-0.2, -0.15) is 0 Å². The van der Waals surface area contributed by atoms with E-state index < -0.39 is 0 Å². The van der Waals surface area contributed by atoms with Gasteiger partial charge in [-0.3, -0.25) is 9.59 Å². The number of nitrogens with one attached hydrogen (secondary N) is 1. The molecule has 1 aliphatic carbocycles. The summed E-state index contributed by atoms with van der Waals surface area (Å²) >= 11 is 0. The Morgan fingerprint density at radius 3 is 2.23 bits per heavy atom. The molecule has 3 rings (SSSR count). The van der Waals surface area contributed by atoms with Gasteiger partial charge in [0, 0.05) is 30.3 Å². The standard InChI is InChI=1S/C17H22N2O3/c1-11-9-19(10-12(2)22-11)17(21)14-5-7-15(8-6-14)18-16(20)13-3-4-13/h5-8,11-13H,3-4,9-10H2,1-2H3,(H,18,20). The monoisotopic (exact) mass is 302 g/mol. The van der Waals surface area contributed by atoms with Crippen molar-refractivity contribution in [2.75, 3.05) is 18.4 Å². The molecule has 0 bridgehead atoms. The molecular formula is C17H22N2O3. The first-order valence-corrected chi connectivity index (χ1v) is 7.88. The number of morpholine rings is 1. The van der Waals surface area contributed by atoms with Gasteiger partial charge in [0.05, 0.1) is 12.2 Å². The molecule has 22 heavy (non-hydrogen) atoms. The first-order valence-electron chi connectivity index (χ1n) is 7.88. The minimum absolute atomic E-state index is 0.0158. The molecule has 1 aromatic carbocycles. The van der Waals surface area contributed by atoms with Gasteiger partial charge in [0.1, 0.15) is 0 Å². The van der Waals surface area contributed by atoms with Crippen LogP contribution in [0.15, 0.2) is 24.3 Å². The summed E-state index contributed by atoms with van der Waals surface area (Å²) in [5.41, 5.74) is 1.39. The second kappa shape index (κ2) is 6.08. The summed E-state index contributed by atoms with van der Waals surface area (Å²) in [5, 5.41) is 2.88. The third kappa shape index (κ3) is 3.47.